The molecule has 0 aliphatic heterocycles. The van der Waals surface area contributed by atoms with Gasteiger partial charge in [0.05, 0.1) is 4.47 Å². The molecule has 4 nitrogen and oxygen atoms in total. The fraction of sp³-hybridized carbons (Fsp3) is 0.375. The number of benzene rings is 1. The summed E-state index contributed by atoms with van der Waals surface area (Å²) in [4.78, 5) is 12.4. The standard InChI is InChI=1S/C16H18BrN3O/c1-2-13-14(17)15(20-19-13)16(21)18-12-8-7-10-5-3-4-6-11(10)9-12/h3-6,12H,2,7-9H2,1H3,(H,18,21)(H,19,20). The number of nitrogens with one attached hydrogen (secondary N) is 2. The van der Waals surface area contributed by atoms with Crippen molar-refractivity contribution in [1.29, 1.82) is 0 Å². The van der Waals surface area contributed by atoms with E-state index < -0.39 is 0 Å². The minimum absolute atomic E-state index is 0.109. The van der Waals surface area contributed by atoms with E-state index in [4.69, 9.17) is 0 Å². The lowest BCUT2D eigenvalue weighted by Gasteiger charge is -2.25. The van der Waals surface area contributed by atoms with Gasteiger partial charge in [-0.25, -0.2) is 0 Å². The molecule has 1 unspecified atom stereocenters. The average molecular weight is 348 g/mol. The van der Waals surface area contributed by atoms with Crippen molar-refractivity contribution < 1.29 is 4.79 Å². The third kappa shape index (κ3) is 2.88. The first-order valence-electron chi connectivity index (χ1n) is 7.29. The highest BCUT2D eigenvalue weighted by molar-refractivity contribution is 9.10. The van der Waals surface area contributed by atoms with Gasteiger partial charge in [-0.3, -0.25) is 9.89 Å². The smallest absolute Gasteiger partial charge is 0.273 e. The number of hydrogen-bond acceptors (Lipinski definition) is 2. The first-order valence-corrected chi connectivity index (χ1v) is 8.08. The largest absolute Gasteiger partial charge is 0.348 e. The van der Waals surface area contributed by atoms with E-state index in [0.717, 1.165) is 35.8 Å². The van der Waals surface area contributed by atoms with E-state index in [9.17, 15) is 4.79 Å². The predicted molar refractivity (Wildman–Crippen MR) is 85.4 cm³/mol. The molecular formula is C16H18BrN3O. The van der Waals surface area contributed by atoms with Crippen molar-refractivity contribution >= 4 is 21.8 Å². The molecule has 2 aromatic rings. The maximum Gasteiger partial charge on any atom is 0.273 e. The maximum atomic E-state index is 12.4. The molecule has 1 heterocycles. The van der Waals surface area contributed by atoms with Crippen LogP contribution in [0.3, 0.4) is 0 Å². The molecule has 21 heavy (non-hydrogen) atoms. The molecule has 110 valence electrons. The topological polar surface area (TPSA) is 57.8 Å². The second kappa shape index (κ2) is 6.02. The number of amides is 1. The van der Waals surface area contributed by atoms with Crippen molar-refractivity contribution in [1.82, 2.24) is 15.5 Å². The molecule has 1 amide bonds. The summed E-state index contributed by atoms with van der Waals surface area (Å²) in [5.74, 6) is -0.109. The van der Waals surface area contributed by atoms with Crippen molar-refractivity contribution in [3.63, 3.8) is 0 Å². The molecule has 1 aliphatic carbocycles. The number of fused-ring (bicyclic) bond motifs is 1. The Hall–Kier alpha value is -1.62. The molecule has 0 spiro atoms. The van der Waals surface area contributed by atoms with Crippen LogP contribution < -0.4 is 5.32 Å². The normalized spacial score (nSPS) is 17.3. The van der Waals surface area contributed by atoms with Crippen molar-refractivity contribution in [2.75, 3.05) is 0 Å². The Balaban J connectivity index is 1.70. The lowest BCUT2D eigenvalue weighted by molar-refractivity contribution is 0.0928. The van der Waals surface area contributed by atoms with Crippen LogP contribution in [0.25, 0.3) is 0 Å². The maximum absolute atomic E-state index is 12.4. The SMILES string of the molecule is CCc1[nH]nc(C(=O)NC2CCc3ccccc3C2)c1Br. The monoisotopic (exact) mass is 347 g/mol. The third-order valence-corrected chi connectivity index (χ3v) is 4.88. The van der Waals surface area contributed by atoms with Gasteiger partial charge in [0.1, 0.15) is 0 Å². The molecule has 0 bridgehead atoms. The van der Waals surface area contributed by atoms with Gasteiger partial charge in [0.2, 0.25) is 0 Å². The van der Waals surface area contributed by atoms with Crippen molar-refractivity contribution in [3.05, 3.63) is 51.3 Å². The second-order valence-corrected chi connectivity index (χ2v) is 6.19. The molecule has 0 fully saturated rings. The van der Waals surface area contributed by atoms with Gasteiger partial charge in [0.25, 0.3) is 5.91 Å². The third-order valence-electron chi connectivity index (χ3n) is 4.03. The second-order valence-electron chi connectivity index (χ2n) is 5.40. The van der Waals surface area contributed by atoms with Crippen LogP contribution in [0.2, 0.25) is 0 Å². The summed E-state index contributed by atoms with van der Waals surface area (Å²) in [6.07, 6.45) is 3.71. The van der Waals surface area contributed by atoms with E-state index in [1.54, 1.807) is 0 Å². The Labute approximate surface area is 132 Å². The van der Waals surface area contributed by atoms with Crippen LogP contribution in [0.5, 0.6) is 0 Å². The Kier molecular flexibility index (Phi) is 4.10. The molecule has 1 aromatic heterocycles. The zero-order chi connectivity index (χ0) is 14.8. The Morgan fingerprint density at radius 3 is 2.90 bits per heavy atom. The summed E-state index contributed by atoms with van der Waals surface area (Å²) in [7, 11) is 0. The van der Waals surface area contributed by atoms with E-state index in [0.29, 0.717) is 5.69 Å². The number of carbonyl (C=O) groups excluding carboxylic acids is 1. The van der Waals surface area contributed by atoms with Gasteiger partial charge in [-0.05, 0) is 52.7 Å². The lowest BCUT2D eigenvalue weighted by atomic mass is 9.88. The highest BCUT2D eigenvalue weighted by Gasteiger charge is 2.23. The van der Waals surface area contributed by atoms with Crippen molar-refractivity contribution in [2.45, 2.75) is 38.6 Å². The van der Waals surface area contributed by atoms with E-state index >= 15 is 0 Å². The molecule has 1 aliphatic rings. The van der Waals surface area contributed by atoms with Crippen LogP contribution in [0.15, 0.2) is 28.7 Å². The Bertz CT molecular complexity index is 665. The average Bonchev–Trinajstić information content (AvgIpc) is 2.88. The van der Waals surface area contributed by atoms with Crippen LogP contribution >= 0.6 is 15.9 Å². The van der Waals surface area contributed by atoms with Gasteiger partial charge >= 0.3 is 0 Å². The van der Waals surface area contributed by atoms with Crippen molar-refractivity contribution in [2.24, 2.45) is 0 Å². The molecule has 0 radical (unpaired) electrons. The van der Waals surface area contributed by atoms with Crippen molar-refractivity contribution in [3.8, 4) is 0 Å². The molecule has 1 aromatic carbocycles. The number of H-pyrrole nitrogens is 1. The van der Waals surface area contributed by atoms with Crippen LogP contribution in [0.1, 0.15) is 40.7 Å². The number of rotatable bonds is 3. The highest BCUT2D eigenvalue weighted by Crippen LogP contribution is 2.23. The summed E-state index contributed by atoms with van der Waals surface area (Å²) in [5.41, 5.74) is 4.14. The molecule has 2 N–H and O–H groups in total. The molecular weight excluding hydrogens is 330 g/mol. The zero-order valence-corrected chi connectivity index (χ0v) is 13.5. The Morgan fingerprint density at radius 2 is 2.19 bits per heavy atom. The lowest BCUT2D eigenvalue weighted by Crippen LogP contribution is -2.39. The van der Waals surface area contributed by atoms with Gasteiger partial charge in [0, 0.05) is 11.7 Å². The van der Waals surface area contributed by atoms with Gasteiger partial charge in [0.15, 0.2) is 5.69 Å². The van der Waals surface area contributed by atoms with E-state index in [-0.39, 0.29) is 11.9 Å². The number of nitrogens with zero attached hydrogens (tertiary/aromatic N) is 1. The first kappa shape index (κ1) is 14.3. The van der Waals surface area contributed by atoms with Gasteiger partial charge in [-0.2, -0.15) is 5.10 Å². The Morgan fingerprint density at radius 1 is 1.43 bits per heavy atom. The quantitative estimate of drug-likeness (QED) is 0.896. The minimum Gasteiger partial charge on any atom is -0.348 e. The molecule has 0 saturated carbocycles. The number of aromatic amines is 1. The predicted octanol–water partition coefficient (Wildman–Crippen LogP) is 3.02. The number of halogens is 1. The van der Waals surface area contributed by atoms with E-state index in [1.165, 1.54) is 11.1 Å². The van der Waals surface area contributed by atoms with Crippen LogP contribution in [-0.4, -0.2) is 22.1 Å². The van der Waals surface area contributed by atoms with Gasteiger partial charge in [-0.1, -0.05) is 31.2 Å². The zero-order valence-electron chi connectivity index (χ0n) is 11.9. The summed E-state index contributed by atoms with van der Waals surface area (Å²) in [5, 5.41) is 10.1. The molecule has 1 atom stereocenters. The van der Waals surface area contributed by atoms with E-state index in [1.807, 2.05) is 6.92 Å². The van der Waals surface area contributed by atoms with Gasteiger partial charge < -0.3 is 5.32 Å². The highest BCUT2D eigenvalue weighted by atomic mass is 79.9. The van der Waals surface area contributed by atoms with Crippen LogP contribution in [0.4, 0.5) is 0 Å². The number of carbonyl (C=O) groups is 1. The summed E-state index contributed by atoms with van der Waals surface area (Å²) >= 11 is 3.45. The van der Waals surface area contributed by atoms with Crippen LogP contribution in [0, 0.1) is 0 Å². The van der Waals surface area contributed by atoms with E-state index in [2.05, 4.69) is 55.7 Å². The number of hydrogen-bond donors (Lipinski definition) is 2. The fourth-order valence-corrected chi connectivity index (χ4v) is 3.46. The summed E-state index contributed by atoms with van der Waals surface area (Å²) < 4.78 is 0.777. The minimum atomic E-state index is -0.109. The van der Waals surface area contributed by atoms with Gasteiger partial charge in [-0.15, -0.1) is 0 Å². The summed E-state index contributed by atoms with van der Waals surface area (Å²) in [6.45, 7) is 2.03. The number of aryl methyl sites for hydroxylation is 2. The molecule has 0 saturated heterocycles. The molecule has 5 heteroatoms. The van der Waals surface area contributed by atoms with Crippen LogP contribution in [-0.2, 0) is 19.3 Å². The molecule has 3 rings (SSSR count). The fourth-order valence-electron chi connectivity index (χ4n) is 2.82. The number of aromatic nitrogens is 2. The summed E-state index contributed by atoms with van der Waals surface area (Å²) in [6, 6.07) is 8.63. The first-order chi connectivity index (χ1) is 10.2.